The number of hydrogen-bond acceptors (Lipinski definition) is 5. The summed E-state index contributed by atoms with van der Waals surface area (Å²) in [6.07, 6.45) is 7.29. The second-order valence-corrected chi connectivity index (χ2v) is 8.92. The van der Waals surface area contributed by atoms with Crippen LogP contribution < -0.4 is 15.4 Å². The molecule has 1 aromatic carbocycles. The van der Waals surface area contributed by atoms with Gasteiger partial charge in [-0.2, -0.15) is 0 Å². The molecule has 1 aliphatic heterocycles. The summed E-state index contributed by atoms with van der Waals surface area (Å²) in [5, 5.41) is 15.5. The van der Waals surface area contributed by atoms with Crippen molar-refractivity contribution in [1.29, 1.82) is 0 Å². The highest BCUT2D eigenvalue weighted by Crippen LogP contribution is 2.23. The van der Waals surface area contributed by atoms with E-state index in [0.717, 1.165) is 48.4 Å². The summed E-state index contributed by atoms with van der Waals surface area (Å²) in [7, 11) is 1.98. The monoisotopic (exact) mass is 568 g/mol. The van der Waals surface area contributed by atoms with Crippen LogP contribution in [0.15, 0.2) is 23.2 Å². The number of rotatable bonds is 8. The Kier molecular flexibility index (Phi) is 9.78. The first-order valence-corrected chi connectivity index (χ1v) is 11.8. The minimum Gasteiger partial charge on any atom is -0.491 e. The standard InChI is InChI=1S/C24H36N6O2.HI/c1-17-10-11-19(22(13-17)32-16-21-9-6-12-31-21)14-25-24(27-20-7-4-5-8-20)26-15-23-29-28-18(2)30(23)3;/h10-11,13,20-21H,4-9,12,14-16H2,1-3H3,(H2,25,26,27);1H. The number of nitrogens with one attached hydrogen (secondary N) is 2. The molecule has 0 amide bonds. The highest BCUT2D eigenvalue weighted by atomic mass is 127. The molecular weight excluding hydrogens is 531 g/mol. The van der Waals surface area contributed by atoms with Crippen LogP contribution in [0.25, 0.3) is 0 Å². The van der Waals surface area contributed by atoms with Crippen LogP contribution in [0.1, 0.15) is 61.3 Å². The summed E-state index contributed by atoms with van der Waals surface area (Å²) < 4.78 is 13.9. The summed E-state index contributed by atoms with van der Waals surface area (Å²) in [5.74, 6) is 3.49. The predicted octanol–water partition coefficient (Wildman–Crippen LogP) is 3.79. The van der Waals surface area contributed by atoms with Gasteiger partial charge in [-0.3, -0.25) is 0 Å². The van der Waals surface area contributed by atoms with Crippen LogP contribution in [0, 0.1) is 13.8 Å². The van der Waals surface area contributed by atoms with Gasteiger partial charge in [-0.15, -0.1) is 34.2 Å². The molecule has 1 aromatic heterocycles. The minimum atomic E-state index is 0. The summed E-state index contributed by atoms with van der Waals surface area (Å²) in [6, 6.07) is 6.79. The van der Waals surface area contributed by atoms with Crippen LogP contribution >= 0.6 is 24.0 Å². The number of guanidine groups is 1. The third-order valence-electron chi connectivity index (χ3n) is 6.37. The number of aryl methyl sites for hydroxylation is 2. The van der Waals surface area contributed by atoms with E-state index in [0.29, 0.717) is 25.7 Å². The lowest BCUT2D eigenvalue weighted by atomic mass is 10.1. The molecule has 0 radical (unpaired) electrons. The van der Waals surface area contributed by atoms with E-state index in [1.54, 1.807) is 0 Å². The Morgan fingerprint density at radius 2 is 2.00 bits per heavy atom. The molecule has 8 nitrogen and oxygen atoms in total. The number of nitrogens with zero attached hydrogens (tertiary/aromatic N) is 4. The largest absolute Gasteiger partial charge is 0.491 e. The molecule has 1 saturated heterocycles. The third-order valence-corrected chi connectivity index (χ3v) is 6.37. The molecule has 2 aromatic rings. The van der Waals surface area contributed by atoms with Crippen molar-refractivity contribution in [3.05, 3.63) is 41.0 Å². The van der Waals surface area contributed by atoms with Gasteiger partial charge in [-0.25, -0.2) is 4.99 Å². The van der Waals surface area contributed by atoms with Crippen molar-refractivity contribution in [2.75, 3.05) is 13.2 Å². The lowest BCUT2D eigenvalue weighted by Crippen LogP contribution is -2.42. The van der Waals surface area contributed by atoms with E-state index in [9.17, 15) is 0 Å². The third kappa shape index (κ3) is 7.30. The fraction of sp³-hybridized carbons (Fsp3) is 0.625. The number of aliphatic imine (C=N–C) groups is 1. The first-order chi connectivity index (χ1) is 15.6. The van der Waals surface area contributed by atoms with Crippen molar-refractivity contribution in [1.82, 2.24) is 25.4 Å². The number of hydrogen-bond donors (Lipinski definition) is 2. The molecule has 2 fully saturated rings. The second-order valence-electron chi connectivity index (χ2n) is 8.92. The summed E-state index contributed by atoms with van der Waals surface area (Å²) in [6.45, 7) is 6.59. The highest BCUT2D eigenvalue weighted by molar-refractivity contribution is 14.0. The average molecular weight is 569 g/mol. The zero-order valence-electron chi connectivity index (χ0n) is 20.0. The van der Waals surface area contributed by atoms with Gasteiger partial charge >= 0.3 is 0 Å². The molecule has 2 aliphatic rings. The number of aromatic nitrogens is 3. The quantitative estimate of drug-likeness (QED) is 0.287. The molecule has 1 aliphatic carbocycles. The van der Waals surface area contributed by atoms with Gasteiger partial charge in [0, 0.05) is 25.3 Å². The molecule has 1 unspecified atom stereocenters. The van der Waals surface area contributed by atoms with Gasteiger partial charge in [0.15, 0.2) is 11.8 Å². The summed E-state index contributed by atoms with van der Waals surface area (Å²) >= 11 is 0. The van der Waals surface area contributed by atoms with Crippen molar-refractivity contribution in [3.63, 3.8) is 0 Å². The zero-order chi connectivity index (χ0) is 22.3. The Hall–Kier alpha value is -1.88. The first kappa shape index (κ1) is 25.7. The minimum absolute atomic E-state index is 0. The van der Waals surface area contributed by atoms with Crippen LogP contribution in [-0.4, -0.2) is 46.1 Å². The fourth-order valence-electron chi connectivity index (χ4n) is 4.23. The first-order valence-electron chi connectivity index (χ1n) is 11.8. The lowest BCUT2D eigenvalue weighted by Gasteiger charge is -2.18. The van der Waals surface area contributed by atoms with Crippen LogP contribution in [0.4, 0.5) is 0 Å². The maximum atomic E-state index is 6.16. The smallest absolute Gasteiger partial charge is 0.192 e. The van der Waals surface area contributed by atoms with Gasteiger partial charge in [-0.05, 0) is 51.2 Å². The van der Waals surface area contributed by atoms with Gasteiger partial charge < -0.3 is 24.7 Å². The van der Waals surface area contributed by atoms with Gasteiger partial charge in [0.05, 0.1) is 19.2 Å². The van der Waals surface area contributed by atoms with Crippen LogP contribution in [0.5, 0.6) is 5.75 Å². The van der Waals surface area contributed by atoms with E-state index in [1.807, 2.05) is 18.5 Å². The van der Waals surface area contributed by atoms with E-state index in [-0.39, 0.29) is 30.1 Å². The summed E-state index contributed by atoms with van der Waals surface area (Å²) in [4.78, 5) is 4.90. The second kappa shape index (κ2) is 12.5. The molecule has 33 heavy (non-hydrogen) atoms. The van der Waals surface area contributed by atoms with Gasteiger partial charge in [-0.1, -0.05) is 25.0 Å². The molecule has 0 spiro atoms. The van der Waals surface area contributed by atoms with E-state index in [1.165, 1.54) is 31.2 Å². The Morgan fingerprint density at radius 1 is 1.18 bits per heavy atom. The van der Waals surface area contributed by atoms with E-state index in [2.05, 4.69) is 46.0 Å². The molecule has 1 atom stereocenters. The van der Waals surface area contributed by atoms with Crippen LogP contribution in [0.2, 0.25) is 0 Å². The maximum absolute atomic E-state index is 6.16. The van der Waals surface area contributed by atoms with Crippen molar-refractivity contribution in [2.45, 2.75) is 77.6 Å². The predicted molar refractivity (Wildman–Crippen MR) is 140 cm³/mol. The molecule has 4 rings (SSSR count). The van der Waals surface area contributed by atoms with Gasteiger partial charge in [0.1, 0.15) is 18.2 Å². The Balaban J connectivity index is 0.00000306. The van der Waals surface area contributed by atoms with Crippen molar-refractivity contribution in [2.24, 2.45) is 12.0 Å². The zero-order valence-corrected chi connectivity index (χ0v) is 22.3. The highest BCUT2D eigenvalue weighted by Gasteiger charge is 2.18. The normalized spacial score (nSPS) is 18.9. The Morgan fingerprint density at radius 3 is 2.70 bits per heavy atom. The van der Waals surface area contributed by atoms with Gasteiger partial charge in [0.2, 0.25) is 0 Å². The van der Waals surface area contributed by atoms with Crippen LogP contribution in [-0.2, 0) is 24.9 Å². The molecular formula is C24H37IN6O2. The van der Waals surface area contributed by atoms with Crippen molar-refractivity contribution >= 4 is 29.9 Å². The molecule has 0 bridgehead atoms. The van der Waals surface area contributed by atoms with Crippen molar-refractivity contribution in [3.8, 4) is 5.75 Å². The molecule has 9 heteroatoms. The molecule has 1 saturated carbocycles. The molecule has 2 N–H and O–H groups in total. The fourth-order valence-corrected chi connectivity index (χ4v) is 4.23. The number of ether oxygens (including phenoxy) is 2. The number of benzene rings is 1. The lowest BCUT2D eigenvalue weighted by molar-refractivity contribution is 0.0676. The Labute approximate surface area is 214 Å². The summed E-state index contributed by atoms with van der Waals surface area (Å²) in [5.41, 5.74) is 2.26. The van der Waals surface area contributed by atoms with E-state index in [4.69, 9.17) is 14.5 Å². The van der Waals surface area contributed by atoms with E-state index < -0.39 is 0 Å². The SMILES string of the molecule is Cc1ccc(CN=C(NCc2nnc(C)n2C)NC2CCCC2)c(OCC2CCCO2)c1.I. The molecule has 182 valence electrons. The van der Waals surface area contributed by atoms with Gasteiger partial charge in [0.25, 0.3) is 0 Å². The van der Waals surface area contributed by atoms with Crippen LogP contribution in [0.3, 0.4) is 0 Å². The average Bonchev–Trinajstić information content (AvgIpc) is 3.55. The Bertz CT molecular complexity index is 920. The topological polar surface area (TPSA) is 85.6 Å². The van der Waals surface area contributed by atoms with E-state index >= 15 is 0 Å². The molecule has 2 heterocycles. The number of halogens is 1. The van der Waals surface area contributed by atoms with Crippen molar-refractivity contribution < 1.29 is 9.47 Å². The maximum Gasteiger partial charge on any atom is 0.192 e.